The van der Waals surface area contributed by atoms with Crippen LogP contribution in [0.3, 0.4) is 0 Å². The molecule has 1 atom stereocenters. The third-order valence-electron chi connectivity index (χ3n) is 7.25. The average Bonchev–Trinajstić information content (AvgIpc) is 2.97. The molecule has 0 unspecified atom stereocenters. The van der Waals surface area contributed by atoms with Crippen molar-refractivity contribution in [3.05, 3.63) is 119 Å². The van der Waals surface area contributed by atoms with E-state index in [9.17, 15) is 13.2 Å². The molecule has 0 fully saturated rings. The largest absolute Gasteiger partial charge is 0.457 e. The molecule has 206 valence electrons. The molecule has 0 aliphatic heterocycles. The van der Waals surface area contributed by atoms with E-state index in [0.717, 1.165) is 28.3 Å². The van der Waals surface area contributed by atoms with Crippen molar-refractivity contribution in [2.45, 2.75) is 50.5 Å². The SMILES string of the molecule is Cc1ccc(S(=O)(=O)N(CC(=O)N[C@H](C)c2ccc3c(c2)CCCC3)c2ccc(Oc3ccccc3)cc2)cc1. The van der Waals surface area contributed by atoms with Gasteiger partial charge in [-0.15, -0.1) is 0 Å². The molecule has 0 saturated carbocycles. The second-order valence-corrected chi connectivity index (χ2v) is 12.1. The maximum Gasteiger partial charge on any atom is 0.264 e. The summed E-state index contributed by atoms with van der Waals surface area (Å²) in [6.07, 6.45) is 4.54. The summed E-state index contributed by atoms with van der Waals surface area (Å²) in [6.45, 7) is 3.47. The summed E-state index contributed by atoms with van der Waals surface area (Å²) in [7, 11) is -4.02. The molecule has 0 aromatic heterocycles. The lowest BCUT2D eigenvalue weighted by Crippen LogP contribution is -2.41. The molecule has 4 aromatic rings. The van der Waals surface area contributed by atoms with E-state index in [1.807, 2.05) is 44.2 Å². The normalized spacial score (nSPS) is 13.7. The van der Waals surface area contributed by atoms with Crippen molar-refractivity contribution < 1.29 is 17.9 Å². The monoisotopic (exact) mass is 554 g/mol. The zero-order valence-electron chi connectivity index (χ0n) is 22.8. The average molecular weight is 555 g/mol. The van der Waals surface area contributed by atoms with Crippen LogP contribution in [0.25, 0.3) is 0 Å². The Bertz CT molecular complexity index is 1570. The van der Waals surface area contributed by atoms with E-state index < -0.39 is 10.0 Å². The number of ether oxygens (including phenoxy) is 1. The van der Waals surface area contributed by atoms with E-state index in [1.54, 1.807) is 48.5 Å². The molecule has 0 heterocycles. The van der Waals surface area contributed by atoms with Crippen LogP contribution in [0.5, 0.6) is 11.5 Å². The molecule has 0 saturated heterocycles. The molecule has 1 aliphatic carbocycles. The van der Waals surface area contributed by atoms with E-state index in [4.69, 9.17) is 4.74 Å². The molecule has 4 aromatic carbocycles. The van der Waals surface area contributed by atoms with Crippen LogP contribution in [0.15, 0.2) is 102 Å². The van der Waals surface area contributed by atoms with Gasteiger partial charge in [0.25, 0.3) is 10.0 Å². The summed E-state index contributed by atoms with van der Waals surface area (Å²) in [5, 5.41) is 3.01. The summed E-state index contributed by atoms with van der Waals surface area (Å²) in [5.74, 6) is 0.855. The van der Waals surface area contributed by atoms with Crippen molar-refractivity contribution in [2.75, 3.05) is 10.8 Å². The lowest BCUT2D eigenvalue weighted by molar-refractivity contribution is -0.120. The van der Waals surface area contributed by atoms with Gasteiger partial charge in [0, 0.05) is 0 Å². The number of nitrogens with one attached hydrogen (secondary N) is 1. The van der Waals surface area contributed by atoms with Crippen LogP contribution in [0.1, 0.15) is 48.1 Å². The van der Waals surface area contributed by atoms with E-state index >= 15 is 0 Å². The van der Waals surface area contributed by atoms with Gasteiger partial charge >= 0.3 is 0 Å². The Morgan fingerprint density at radius 3 is 2.20 bits per heavy atom. The number of hydrogen-bond donors (Lipinski definition) is 1. The quantitative estimate of drug-likeness (QED) is 0.249. The molecular weight excluding hydrogens is 520 g/mol. The standard InChI is InChI=1S/C33H34N2O4S/c1-24-12-20-32(21-13-24)40(37,38)35(29-16-18-31(19-17-29)39-30-10-4-3-5-11-30)23-33(36)34-25(2)27-15-14-26-8-6-7-9-28(26)22-27/h3-5,10-22,25H,6-9,23H2,1-2H3,(H,34,36)/t25-/m1/s1. The predicted octanol–water partition coefficient (Wildman–Crippen LogP) is 6.74. The maximum absolute atomic E-state index is 13.8. The first-order valence-corrected chi connectivity index (χ1v) is 15.1. The van der Waals surface area contributed by atoms with E-state index in [0.29, 0.717) is 17.2 Å². The number of hydrogen-bond acceptors (Lipinski definition) is 4. The number of carbonyl (C=O) groups excluding carboxylic acids is 1. The third-order valence-corrected chi connectivity index (χ3v) is 9.04. The predicted molar refractivity (Wildman–Crippen MR) is 158 cm³/mol. The molecule has 1 N–H and O–H groups in total. The second-order valence-electron chi connectivity index (χ2n) is 10.3. The molecular formula is C33H34N2O4S. The number of aryl methyl sites for hydroxylation is 3. The fourth-order valence-corrected chi connectivity index (χ4v) is 6.40. The van der Waals surface area contributed by atoms with Gasteiger partial charge in [0.15, 0.2) is 0 Å². The van der Waals surface area contributed by atoms with Crippen LogP contribution in [0.2, 0.25) is 0 Å². The van der Waals surface area contributed by atoms with Crippen molar-refractivity contribution >= 4 is 21.6 Å². The fraction of sp³-hybridized carbons (Fsp3) is 0.242. The molecule has 7 heteroatoms. The van der Waals surface area contributed by atoms with Crippen molar-refractivity contribution in [3.8, 4) is 11.5 Å². The minimum atomic E-state index is -4.02. The van der Waals surface area contributed by atoms with Crippen LogP contribution < -0.4 is 14.4 Å². The van der Waals surface area contributed by atoms with E-state index in [1.165, 1.54) is 24.0 Å². The summed E-state index contributed by atoms with van der Waals surface area (Å²) >= 11 is 0. The summed E-state index contributed by atoms with van der Waals surface area (Å²) in [6, 6.07) is 28.8. The molecule has 0 spiro atoms. The van der Waals surface area contributed by atoms with Gasteiger partial charge < -0.3 is 10.1 Å². The van der Waals surface area contributed by atoms with Gasteiger partial charge in [0.05, 0.1) is 16.6 Å². The van der Waals surface area contributed by atoms with Gasteiger partial charge in [-0.1, -0.05) is 54.1 Å². The van der Waals surface area contributed by atoms with Crippen molar-refractivity contribution in [3.63, 3.8) is 0 Å². The minimum absolute atomic E-state index is 0.123. The number of anilines is 1. The van der Waals surface area contributed by atoms with Gasteiger partial charge in [0.1, 0.15) is 18.0 Å². The summed E-state index contributed by atoms with van der Waals surface area (Å²) in [4.78, 5) is 13.4. The molecule has 5 rings (SSSR count). The van der Waals surface area contributed by atoms with Crippen LogP contribution in [0.4, 0.5) is 5.69 Å². The number of carbonyl (C=O) groups is 1. The van der Waals surface area contributed by atoms with Gasteiger partial charge in [-0.05, 0) is 105 Å². The second kappa shape index (κ2) is 12.0. The topological polar surface area (TPSA) is 75.7 Å². The molecule has 0 radical (unpaired) electrons. The first kappa shape index (κ1) is 27.5. The highest BCUT2D eigenvalue weighted by Crippen LogP contribution is 2.29. The Morgan fingerprint density at radius 1 is 0.850 bits per heavy atom. The molecule has 1 amide bonds. The van der Waals surface area contributed by atoms with Crippen molar-refractivity contribution in [1.29, 1.82) is 0 Å². The molecule has 6 nitrogen and oxygen atoms in total. The third kappa shape index (κ3) is 6.37. The van der Waals surface area contributed by atoms with Crippen LogP contribution >= 0.6 is 0 Å². The van der Waals surface area contributed by atoms with Crippen molar-refractivity contribution in [2.24, 2.45) is 0 Å². The zero-order valence-corrected chi connectivity index (χ0v) is 23.7. The van der Waals surface area contributed by atoms with Gasteiger partial charge in [-0.25, -0.2) is 8.42 Å². The van der Waals surface area contributed by atoms with Gasteiger partial charge in [-0.2, -0.15) is 0 Å². The molecule has 0 bridgehead atoms. The number of fused-ring (bicyclic) bond motifs is 1. The van der Waals surface area contributed by atoms with Gasteiger partial charge in [-0.3, -0.25) is 9.10 Å². The fourth-order valence-electron chi connectivity index (χ4n) is 4.98. The Morgan fingerprint density at radius 2 is 1.50 bits per heavy atom. The number of rotatable bonds is 9. The Hall–Kier alpha value is -4.10. The highest BCUT2D eigenvalue weighted by atomic mass is 32.2. The van der Waals surface area contributed by atoms with Crippen molar-refractivity contribution in [1.82, 2.24) is 5.32 Å². The summed E-state index contributed by atoms with van der Waals surface area (Å²) in [5.41, 5.74) is 5.06. The number of para-hydroxylation sites is 1. The number of benzene rings is 4. The Kier molecular flexibility index (Phi) is 8.21. The van der Waals surface area contributed by atoms with Crippen LogP contribution in [0, 0.1) is 6.92 Å². The highest BCUT2D eigenvalue weighted by Gasteiger charge is 2.28. The number of nitrogens with zero attached hydrogens (tertiary/aromatic N) is 1. The Labute approximate surface area is 236 Å². The van der Waals surface area contributed by atoms with Crippen LogP contribution in [-0.4, -0.2) is 20.9 Å². The van der Waals surface area contributed by atoms with E-state index in [-0.39, 0.29) is 23.4 Å². The van der Waals surface area contributed by atoms with Gasteiger partial charge in [0.2, 0.25) is 5.91 Å². The minimum Gasteiger partial charge on any atom is -0.457 e. The lowest BCUT2D eigenvalue weighted by atomic mass is 9.89. The highest BCUT2D eigenvalue weighted by molar-refractivity contribution is 7.92. The smallest absolute Gasteiger partial charge is 0.264 e. The summed E-state index contributed by atoms with van der Waals surface area (Å²) < 4.78 is 34.6. The zero-order chi connectivity index (χ0) is 28.1. The number of amides is 1. The molecule has 1 aliphatic rings. The maximum atomic E-state index is 13.8. The lowest BCUT2D eigenvalue weighted by Gasteiger charge is -2.26. The van der Waals surface area contributed by atoms with E-state index in [2.05, 4.69) is 23.5 Å². The number of sulfonamides is 1. The first-order chi connectivity index (χ1) is 19.3. The molecule has 40 heavy (non-hydrogen) atoms. The first-order valence-electron chi connectivity index (χ1n) is 13.6. The Balaban J connectivity index is 1.38. The van der Waals surface area contributed by atoms with Crippen LogP contribution in [-0.2, 0) is 27.7 Å².